The molecule has 2 aromatic carbocycles. The average Bonchev–Trinajstić information content (AvgIpc) is 2.57. The second kappa shape index (κ2) is 9.13. The summed E-state index contributed by atoms with van der Waals surface area (Å²) in [7, 11) is 0. The standard InChI is InChI=1S/C19H20BrN3O2/c1-13-5-3-8-17(14(13)2)22-18(24)9-10-19(25)23-21-12-15-6-4-7-16(20)11-15/h3-8,11-12H,9-10H2,1-2H3,(H,22,24)(H,23,25)/b21-12+. The van der Waals surface area contributed by atoms with E-state index in [1.807, 2.05) is 56.3 Å². The molecule has 0 aliphatic carbocycles. The molecule has 0 spiro atoms. The summed E-state index contributed by atoms with van der Waals surface area (Å²) >= 11 is 3.37. The van der Waals surface area contributed by atoms with Crippen molar-refractivity contribution in [3.8, 4) is 0 Å². The van der Waals surface area contributed by atoms with Crippen LogP contribution < -0.4 is 10.7 Å². The van der Waals surface area contributed by atoms with E-state index in [1.165, 1.54) is 0 Å². The molecule has 0 aliphatic heterocycles. The highest BCUT2D eigenvalue weighted by molar-refractivity contribution is 9.10. The minimum Gasteiger partial charge on any atom is -0.326 e. The number of amides is 2. The van der Waals surface area contributed by atoms with E-state index in [-0.39, 0.29) is 24.7 Å². The molecule has 0 atom stereocenters. The van der Waals surface area contributed by atoms with Gasteiger partial charge < -0.3 is 5.32 Å². The number of rotatable bonds is 6. The van der Waals surface area contributed by atoms with Crippen molar-refractivity contribution in [2.24, 2.45) is 5.10 Å². The van der Waals surface area contributed by atoms with Gasteiger partial charge in [0.1, 0.15) is 0 Å². The van der Waals surface area contributed by atoms with Crippen molar-refractivity contribution >= 4 is 39.6 Å². The third kappa shape index (κ3) is 6.15. The Hall–Kier alpha value is -2.47. The molecule has 0 radical (unpaired) electrons. The lowest BCUT2D eigenvalue weighted by atomic mass is 10.1. The van der Waals surface area contributed by atoms with Crippen molar-refractivity contribution in [1.29, 1.82) is 0 Å². The largest absolute Gasteiger partial charge is 0.326 e. The normalized spacial score (nSPS) is 10.7. The molecule has 130 valence electrons. The molecule has 0 aliphatic rings. The fourth-order valence-electron chi connectivity index (χ4n) is 2.15. The van der Waals surface area contributed by atoms with Gasteiger partial charge >= 0.3 is 0 Å². The Morgan fingerprint density at radius 1 is 1.08 bits per heavy atom. The van der Waals surface area contributed by atoms with Crippen LogP contribution in [0.15, 0.2) is 52.0 Å². The number of aryl methyl sites for hydroxylation is 1. The Bertz CT molecular complexity index is 803. The lowest BCUT2D eigenvalue weighted by Crippen LogP contribution is -2.21. The van der Waals surface area contributed by atoms with Gasteiger partial charge in [0.15, 0.2) is 0 Å². The van der Waals surface area contributed by atoms with Gasteiger partial charge in [-0.2, -0.15) is 5.10 Å². The monoisotopic (exact) mass is 401 g/mol. The molecule has 2 aromatic rings. The van der Waals surface area contributed by atoms with E-state index in [0.717, 1.165) is 26.9 Å². The maximum Gasteiger partial charge on any atom is 0.240 e. The first-order valence-electron chi connectivity index (χ1n) is 7.89. The number of anilines is 1. The van der Waals surface area contributed by atoms with Crippen LogP contribution in [0.4, 0.5) is 5.69 Å². The van der Waals surface area contributed by atoms with Gasteiger partial charge in [0.05, 0.1) is 6.21 Å². The molecule has 25 heavy (non-hydrogen) atoms. The fraction of sp³-hybridized carbons (Fsp3) is 0.211. The van der Waals surface area contributed by atoms with Crippen LogP contribution in [0, 0.1) is 13.8 Å². The van der Waals surface area contributed by atoms with E-state index in [9.17, 15) is 9.59 Å². The van der Waals surface area contributed by atoms with Crippen LogP contribution in [0.25, 0.3) is 0 Å². The van der Waals surface area contributed by atoms with E-state index < -0.39 is 0 Å². The highest BCUT2D eigenvalue weighted by atomic mass is 79.9. The maximum absolute atomic E-state index is 12.0. The number of hydrogen-bond donors (Lipinski definition) is 2. The predicted octanol–water partition coefficient (Wildman–Crippen LogP) is 3.93. The number of benzene rings is 2. The highest BCUT2D eigenvalue weighted by Crippen LogP contribution is 2.18. The van der Waals surface area contributed by atoms with Crippen LogP contribution in [0.1, 0.15) is 29.5 Å². The van der Waals surface area contributed by atoms with Gasteiger partial charge in [0.25, 0.3) is 0 Å². The Labute approximate surface area is 155 Å². The second-order valence-corrected chi connectivity index (χ2v) is 6.56. The van der Waals surface area contributed by atoms with Gasteiger partial charge in [-0.15, -0.1) is 0 Å². The summed E-state index contributed by atoms with van der Waals surface area (Å²) in [5.74, 6) is -0.498. The summed E-state index contributed by atoms with van der Waals surface area (Å²) in [6, 6.07) is 13.3. The van der Waals surface area contributed by atoms with Gasteiger partial charge in [-0.3, -0.25) is 9.59 Å². The van der Waals surface area contributed by atoms with E-state index in [1.54, 1.807) is 6.21 Å². The zero-order valence-corrected chi connectivity index (χ0v) is 15.8. The zero-order valence-electron chi connectivity index (χ0n) is 14.2. The Kier molecular flexibility index (Phi) is 6.89. The van der Waals surface area contributed by atoms with Crippen molar-refractivity contribution in [2.45, 2.75) is 26.7 Å². The molecule has 0 fully saturated rings. The lowest BCUT2D eigenvalue weighted by molar-refractivity contribution is -0.124. The number of nitrogens with one attached hydrogen (secondary N) is 2. The number of halogens is 1. The molecule has 5 nitrogen and oxygen atoms in total. The lowest BCUT2D eigenvalue weighted by Gasteiger charge is -2.10. The SMILES string of the molecule is Cc1cccc(NC(=O)CCC(=O)N/N=C/c2cccc(Br)c2)c1C. The Balaban J connectivity index is 1.77. The first-order valence-corrected chi connectivity index (χ1v) is 8.68. The van der Waals surface area contributed by atoms with Crippen molar-refractivity contribution < 1.29 is 9.59 Å². The maximum atomic E-state index is 12.0. The highest BCUT2D eigenvalue weighted by Gasteiger charge is 2.08. The number of nitrogens with zero attached hydrogens (tertiary/aromatic N) is 1. The van der Waals surface area contributed by atoms with Gasteiger partial charge in [-0.25, -0.2) is 5.43 Å². The molecule has 0 heterocycles. The molecule has 6 heteroatoms. The molecule has 0 unspecified atom stereocenters. The molecule has 2 rings (SSSR count). The van der Waals surface area contributed by atoms with Crippen molar-refractivity contribution in [2.75, 3.05) is 5.32 Å². The summed E-state index contributed by atoms with van der Waals surface area (Å²) in [6.07, 6.45) is 1.73. The second-order valence-electron chi connectivity index (χ2n) is 5.64. The minimum absolute atomic E-state index is 0.0759. The summed E-state index contributed by atoms with van der Waals surface area (Å²) in [5, 5.41) is 6.73. The first-order chi connectivity index (χ1) is 12.0. The summed E-state index contributed by atoms with van der Waals surface area (Å²) < 4.78 is 0.936. The third-order valence-electron chi connectivity index (χ3n) is 3.71. The van der Waals surface area contributed by atoms with Crippen LogP contribution >= 0.6 is 15.9 Å². The molecule has 2 N–H and O–H groups in total. The van der Waals surface area contributed by atoms with Gasteiger partial charge in [-0.05, 0) is 48.7 Å². The zero-order chi connectivity index (χ0) is 18.2. The topological polar surface area (TPSA) is 70.6 Å². The average molecular weight is 402 g/mol. The number of hydrogen-bond acceptors (Lipinski definition) is 3. The molecule has 0 aromatic heterocycles. The van der Waals surface area contributed by atoms with Crippen LogP contribution in [-0.2, 0) is 9.59 Å². The van der Waals surface area contributed by atoms with Gasteiger partial charge in [0, 0.05) is 23.0 Å². The quantitative estimate of drug-likeness (QED) is 0.568. The van der Waals surface area contributed by atoms with Crippen LogP contribution in [-0.4, -0.2) is 18.0 Å². The number of carbonyl (C=O) groups excluding carboxylic acids is 2. The molecular formula is C19H20BrN3O2. The third-order valence-corrected chi connectivity index (χ3v) is 4.20. The van der Waals surface area contributed by atoms with Crippen molar-refractivity contribution in [3.63, 3.8) is 0 Å². The van der Waals surface area contributed by atoms with Gasteiger partial charge in [-0.1, -0.05) is 40.2 Å². The smallest absolute Gasteiger partial charge is 0.240 e. The fourth-order valence-corrected chi connectivity index (χ4v) is 2.56. The van der Waals surface area contributed by atoms with E-state index in [0.29, 0.717) is 0 Å². The number of carbonyl (C=O) groups is 2. The van der Waals surface area contributed by atoms with Crippen molar-refractivity contribution in [1.82, 2.24) is 5.43 Å². The van der Waals surface area contributed by atoms with Gasteiger partial charge in [0.2, 0.25) is 11.8 Å². The van der Waals surface area contributed by atoms with Crippen LogP contribution in [0.5, 0.6) is 0 Å². The molecule has 0 saturated carbocycles. The van der Waals surface area contributed by atoms with Crippen molar-refractivity contribution in [3.05, 3.63) is 63.6 Å². The summed E-state index contributed by atoms with van der Waals surface area (Å²) in [4.78, 5) is 23.7. The van der Waals surface area contributed by atoms with Crippen LogP contribution in [0.3, 0.4) is 0 Å². The first kappa shape index (κ1) is 18.9. The Morgan fingerprint density at radius 3 is 2.56 bits per heavy atom. The van der Waals surface area contributed by atoms with Crippen LogP contribution in [0.2, 0.25) is 0 Å². The molecule has 2 amide bonds. The Morgan fingerprint density at radius 2 is 1.80 bits per heavy atom. The van der Waals surface area contributed by atoms with E-state index >= 15 is 0 Å². The summed E-state index contributed by atoms with van der Waals surface area (Å²) in [6.45, 7) is 3.94. The predicted molar refractivity (Wildman–Crippen MR) is 104 cm³/mol. The van der Waals surface area contributed by atoms with E-state index in [2.05, 4.69) is 31.8 Å². The molecule has 0 bridgehead atoms. The molecular weight excluding hydrogens is 382 g/mol. The number of hydrazone groups is 1. The van der Waals surface area contributed by atoms with E-state index in [4.69, 9.17) is 0 Å². The minimum atomic E-state index is -0.303. The molecule has 0 saturated heterocycles. The summed E-state index contributed by atoms with van der Waals surface area (Å²) in [5.41, 5.74) is 6.20.